The molecule has 0 spiro atoms. The van der Waals surface area contributed by atoms with Gasteiger partial charge in [0.15, 0.2) is 6.04 Å². The number of benzene rings is 1. The van der Waals surface area contributed by atoms with E-state index in [0.29, 0.717) is 6.61 Å². The molecule has 2 fully saturated rings. The molecule has 4 nitrogen and oxygen atoms in total. The number of hydroxylamine groups is 1. The van der Waals surface area contributed by atoms with Crippen molar-refractivity contribution in [3.05, 3.63) is 30.3 Å². The van der Waals surface area contributed by atoms with E-state index in [4.69, 9.17) is 9.57 Å². The molecule has 90 valence electrons. The van der Waals surface area contributed by atoms with Crippen LogP contribution in [0.15, 0.2) is 30.3 Å². The zero-order valence-electron chi connectivity index (χ0n) is 9.70. The summed E-state index contributed by atoms with van der Waals surface area (Å²) in [7, 11) is 0. The molecule has 0 aromatic heterocycles. The molecule has 1 aromatic carbocycles. The lowest BCUT2D eigenvalue weighted by molar-refractivity contribution is -0.140. The van der Waals surface area contributed by atoms with Crippen LogP contribution < -0.4 is 5.06 Å². The molecule has 0 aliphatic carbocycles. The summed E-state index contributed by atoms with van der Waals surface area (Å²) < 4.78 is 5.14. The van der Waals surface area contributed by atoms with Gasteiger partial charge in [0.25, 0.3) is 0 Å². The van der Waals surface area contributed by atoms with Crippen molar-refractivity contribution in [2.75, 3.05) is 11.7 Å². The predicted octanol–water partition coefficient (Wildman–Crippen LogP) is 1.76. The highest BCUT2D eigenvalue weighted by Crippen LogP contribution is 2.37. The molecule has 0 amide bonds. The van der Waals surface area contributed by atoms with Gasteiger partial charge < -0.3 is 4.74 Å². The summed E-state index contributed by atoms with van der Waals surface area (Å²) in [5.74, 6) is -0.0116. The quantitative estimate of drug-likeness (QED) is 0.730. The molecular formula is C13H15NO3. The van der Waals surface area contributed by atoms with E-state index in [0.717, 1.165) is 12.1 Å². The fourth-order valence-corrected chi connectivity index (χ4v) is 2.57. The maximum absolute atomic E-state index is 11.8. The Kier molecular flexibility index (Phi) is 2.52. The van der Waals surface area contributed by atoms with Crippen LogP contribution in [0.25, 0.3) is 0 Å². The Morgan fingerprint density at radius 3 is 2.82 bits per heavy atom. The van der Waals surface area contributed by atoms with Crippen molar-refractivity contribution < 1.29 is 14.4 Å². The van der Waals surface area contributed by atoms with Crippen LogP contribution in [0.3, 0.4) is 0 Å². The minimum absolute atomic E-state index is 0.0756. The van der Waals surface area contributed by atoms with Crippen molar-refractivity contribution in [2.45, 2.75) is 25.5 Å². The van der Waals surface area contributed by atoms with Crippen LogP contribution in [0.2, 0.25) is 0 Å². The van der Waals surface area contributed by atoms with Gasteiger partial charge >= 0.3 is 5.97 Å². The Labute approximate surface area is 100 Å². The summed E-state index contributed by atoms with van der Waals surface area (Å²) in [5, 5.41) is 1.72. The van der Waals surface area contributed by atoms with Gasteiger partial charge in [-0.1, -0.05) is 25.1 Å². The molecule has 0 radical (unpaired) electrons. The summed E-state index contributed by atoms with van der Waals surface area (Å²) in [6.45, 7) is 2.55. The number of fused-ring (bicyclic) bond motifs is 1. The Morgan fingerprint density at radius 2 is 2.12 bits per heavy atom. The number of nitrogens with zero attached hydrogens (tertiary/aromatic N) is 1. The lowest BCUT2D eigenvalue weighted by Gasteiger charge is -2.21. The average Bonchev–Trinajstić information content (AvgIpc) is 2.92. The van der Waals surface area contributed by atoms with Crippen molar-refractivity contribution in [2.24, 2.45) is 5.92 Å². The van der Waals surface area contributed by atoms with Gasteiger partial charge in [0.2, 0.25) is 0 Å². The maximum atomic E-state index is 11.8. The molecule has 4 heteroatoms. The third kappa shape index (κ3) is 1.60. The number of carbonyl (C=O) groups excluding carboxylic acids is 1. The van der Waals surface area contributed by atoms with Gasteiger partial charge in [-0.3, -0.25) is 4.84 Å². The molecule has 3 rings (SSSR count). The fraction of sp³-hybridized carbons (Fsp3) is 0.462. The number of hydrogen-bond donors (Lipinski definition) is 0. The number of anilines is 1. The van der Waals surface area contributed by atoms with Crippen molar-refractivity contribution in [3.63, 3.8) is 0 Å². The average molecular weight is 233 g/mol. The molecule has 0 N–H and O–H groups in total. The third-order valence-corrected chi connectivity index (χ3v) is 3.46. The largest absolute Gasteiger partial charge is 0.464 e. The van der Waals surface area contributed by atoms with Crippen LogP contribution in [0, 0.1) is 5.92 Å². The molecule has 2 aliphatic rings. The van der Waals surface area contributed by atoms with Gasteiger partial charge in [-0.15, -0.1) is 0 Å². The van der Waals surface area contributed by atoms with E-state index in [1.807, 2.05) is 30.3 Å². The smallest absolute Gasteiger partial charge is 0.331 e. The lowest BCUT2D eigenvalue weighted by atomic mass is 9.96. The van der Waals surface area contributed by atoms with E-state index in [9.17, 15) is 4.79 Å². The molecular weight excluding hydrogens is 218 g/mol. The molecule has 0 bridgehead atoms. The molecule has 1 aromatic rings. The van der Waals surface area contributed by atoms with Gasteiger partial charge in [-0.05, 0) is 18.6 Å². The molecule has 0 saturated carbocycles. The number of esters is 1. The summed E-state index contributed by atoms with van der Waals surface area (Å²) in [4.78, 5) is 17.6. The zero-order chi connectivity index (χ0) is 11.8. The second kappa shape index (κ2) is 4.04. The molecule has 2 saturated heterocycles. The van der Waals surface area contributed by atoms with Gasteiger partial charge in [0.1, 0.15) is 0 Å². The first kappa shape index (κ1) is 10.6. The van der Waals surface area contributed by atoms with E-state index in [-0.39, 0.29) is 24.0 Å². The number of carbonyl (C=O) groups is 1. The third-order valence-electron chi connectivity index (χ3n) is 3.46. The fourth-order valence-electron chi connectivity index (χ4n) is 2.57. The number of ether oxygens (including phenoxy) is 1. The van der Waals surface area contributed by atoms with Gasteiger partial charge in [0, 0.05) is 0 Å². The Balaban J connectivity index is 1.93. The molecule has 2 aliphatic heterocycles. The Hall–Kier alpha value is -1.55. The second-order valence-electron chi connectivity index (χ2n) is 4.45. The summed E-state index contributed by atoms with van der Waals surface area (Å²) in [6, 6.07) is 9.44. The minimum Gasteiger partial charge on any atom is -0.464 e. The van der Waals surface area contributed by atoms with Crippen molar-refractivity contribution in [1.29, 1.82) is 0 Å². The summed E-state index contributed by atoms with van der Waals surface area (Å²) >= 11 is 0. The Morgan fingerprint density at radius 1 is 1.35 bits per heavy atom. The van der Waals surface area contributed by atoms with E-state index < -0.39 is 0 Å². The van der Waals surface area contributed by atoms with Crippen molar-refractivity contribution in [3.8, 4) is 0 Å². The lowest BCUT2D eigenvalue weighted by Crippen LogP contribution is -2.35. The van der Waals surface area contributed by atoms with E-state index in [1.165, 1.54) is 0 Å². The first-order valence-corrected chi connectivity index (χ1v) is 5.99. The van der Waals surface area contributed by atoms with Crippen LogP contribution in [-0.4, -0.2) is 24.7 Å². The molecule has 2 heterocycles. The first-order chi connectivity index (χ1) is 8.31. The van der Waals surface area contributed by atoms with E-state index in [1.54, 1.807) is 5.06 Å². The monoisotopic (exact) mass is 233 g/mol. The second-order valence-corrected chi connectivity index (χ2v) is 4.45. The predicted molar refractivity (Wildman–Crippen MR) is 62.3 cm³/mol. The van der Waals surface area contributed by atoms with Crippen molar-refractivity contribution in [1.82, 2.24) is 0 Å². The standard InChI is InChI=1S/C13H15NO3/c1-2-11-10-8-16-13(15)12(10)14(17-11)9-6-4-3-5-7-9/h3-7,10-12H,2,8H2,1H3/t10-,11+,12+/m1/s1. The van der Waals surface area contributed by atoms with E-state index >= 15 is 0 Å². The van der Waals surface area contributed by atoms with Crippen LogP contribution >= 0.6 is 0 Å². The summed E-state index contributed by atoms with van der Waals surface area (Å²) in [6.07, 6.45) is 0.966. The number of rotatable bonds is 2. The van der Waals surface area contributed by atoms with Crippen LogP contribution in [0.1, 0.15) is 13.3 Å². The zero-order valence-corrected chi connectivity index (χ0v) is 9.70. The first-order valence-electron chi connectivity index (χ1n) is 5.99. The minimum atomic E-state index is -0.276. The number of cyclic esters (lactones) is 1. The maximum Gasteiger partial charge on any atom is 0.331 e. The Bertz CT molecular complexity index is 420. The van der Waals surface area contributed by atoms with Gasteiger partial charge in [-0.2, -0.15) is 0 Å². The highest BCUT2D eigenvalue weighted by Gasteiger charge is 2.52. The number of para-hydroxylation sites is 1. The molecule has 17 heavy (non-hydrogen) atoms. The SMILES string of the molecule is CC[C@@H]1ON(c2ccccc2)[C@@H]2C(=O)OC[C@H]12. The molecule has 3 atom stereocenters. The molecule has 0 unspecified atom stereocenters. The van der Waals surface area contributed by atoms with Crippen molar-refractivity contribution >= 4 is 11.7 Å². The highest BCUT2D eigenvalue weighted by atomic mass is 16.7. The highest BCUT2D eigenvalue weighted by molar-refractivity contribution is 5.82. The van der Waals surface area contributed by atoms with Gasteiger partial charge in [-0.25, -0.2) is 9.86 Å². The van der Waals surface area contributed by atoms with Gasteiger partial charge in [0.05, 0.1) is 24.3 Å². The van der Waals surface area contributed by atoms with Crippen LogP contribution in [0.5, 0.6) is 0 Å². The topological polar surface area (TPSA) is 38.8 Å². The van der Waals surface area contributed by atoms with E-state index in [2.05, 4.69) is 6.92 Å². The van der Waals surface area contributed by atoms with Crippen LogP contribution in [0.4, 0.5) is 5.69 Å². The normalized spacial score (nSPS) is 31.5. The van der Waals surface area contributed by atoms with Crippen LogP contribution in [-0.2, 0) is 14.4 Å². The summed E-state index contributed by atoms with van der Waals surface area (Å²) in [5.41, 5.74) is 0.914. The number of hydrogen-bond acceptors (Lipinski definition) is 4.